The molecular formula is C10H14BrNO4S. The van der Waals surface area contributed by atoms with E-state index in [1.807, 2.05) is 0 Å². The van der Waals surface area contributed by atoms with Crippen LogP contribution in [0.1, 0.15) is 5.56 Å². The van der Waals surface area contributed by atoms with Crippen molar-refractivity contribution in [2.24, 2.45) is 0 Å². The zero-order chi connectivity index (χ0) is 13.1. The molecule has 0 bridgehead atoms. The first-order chi connectivity index (χ1) is 7.90. The molecule has 0 radical (unpaired) electrons. The Morgan fingerprint density at radius 1 is 1.35 bits per heavy atom. The second-order valence-electron chi connectivity index (χ2n) is 3.59. The highest BCUT2D eigenvalue weighted by atomic mass is 79.9. The Morgan fingerprint density at radius 2 is 1.94 bits per heavy atom. The smallest absolute Gasteiger partial charge is 0.241 e. The van der Waals surface area contributed by atoms with Gasteiger partial charge in [-0.25, -0.2) is 13.1 Å². The van der Waals surface area contributed by atoms with Gasteiger partial charge in [0.2, 0.25) is 10.0 Å². The standard InChI is InChI=1S/C10H14BrNO4S/c1-7-2-3-8(11)4-10(7)17(15,16)12-9(5-13)6-14/h2-4,9,12-14H,5-6H2,1H3. The molecule has 0 spiro atoms. The number of hydrogen-bond acceptors (Lipinski definition) is 4. The number of aliphatic hydroxyl groups excluding tert-OH is 2. The number of hydrogen-bond donors (Lipinski definition) is 3. The molecule has 0 amide bonds. The van der Waals surface area contributed by atoms with Gasteiger partial charge in [0.25, 0.3) is 0 Å². The quantitative estimate of drug-likeness (QED) is 0.731. The maximum Gasteiger partial charge on any atom is 0.241 e. The van der Waals surface area contributed by atoms with Crippen LogP contribution in [0.2, 0.25) is 0 Å². The topological polar surface area (TPSA) is 86.6 Å². The molecule has 1 aromatic rings. The zero-order valence-corrected chi connectivity index (χ0v) is 11.6. The molecule has 0 saturated carbocycles. The monoisotopic (exact) mass is 323 g/mol. The van der Waals surface area contributed by atoms with Crippen molar-refractivity contribution in [1.29, 1.82) is 0 Å². The minimum atomic E-state index is -3.74. The van der Waals surface area contributed by atoms with Crippen molar-refractivity contribution in [1.82, 2.24) is 4.72 Å². The first-order valence-corrected chi connectivity index (χ1v) is 7.18. The van der Waals surface area contributed by atoms with Crippen LogP contribution in [0, 0.1) is 6.92 Å². The van der Waals surface area contributed by atoms with E-state index in [2.05, 4.69) is 20.7 Å². The van der Waals surface area contributed by atoms with Crippen LogP contribution in [0.5, 0.6) is 0 Å². The molecule has 0 aliphatic heterocycles. The molecule has 0 heterocycles. The normalized spacial score (nSPS) is 12.1. The fourth-order valence-corrected chi connectivity index (χ4v) is 3.28. The summed E-state index contributed by atoms with van der Waals surface area (Å²) in [4.78, 5) is 0.124. The molecule has 7 heteroatoms. The molecule has 96 valence electrons. The van der Waals surface area contributed by atoms with Gasteiger partial charge >= 0.3 is 0 Å². The molecule has 17 heavy (non-hydrogen) atoms. The van der Waals surface area contributed by atoms with Crippen LogP contribution in [0.3, 0.4) is 0 Å². The van der Waals surface area contributed by atoms with Crippen LogP contribution in [-0.2, 0) is 10.0 Å². The molecule has 0 saturated heterocycles. The number of nitrogens with one attached hydrogen (secondary N) is 1. The number of rotatable bonds is 5. The van der Waals surface area contributed by atoms with E-state index in [1.54, 1.807) is 19.1 Å². The Bertz CT molecular complexity index is 485. The van der Waals surface area contributed by atoms with Gasteiger partial charge in [0, 0.05) is 4.47 Å². The first kappa shape index (κ1) is 14.6. The SMILES string of the molecule is Cc1ccc(Br)cc1S(=O)(=O)NC(CO)CO. The van der Waals surface area contributed by atoms with Crippen molar-refractivity contribution in [2.75, 3.05) is 13.2 Å². The van der Waals surface area contributed by atoms with Gasteiger partial charge in [0.05, 0.1) is 24.2 Å². The van der Waals surface area contributed by atoms with Crippen LogP contribution in [0.25, 0.3) is 0 Å². The Balaban J connectivity index is 3.09. The van der Waals surface area contributed by atoms with Gasteiger partial charge in [-0.2, -0.15) is 0 Å². The minimum Gasteiger partial charge on any atom is -0.395 e. The van der Waals surface area contributed by atoms with Crippen molar-refractivity contribution in [3.05, 3.63) is 28.2 Å². The van der Waals surface area contributed by atoms with E-state index < -0.39 is 29.3 Å². The lowest BCUT2D eigenvalue weighted by Gasteiger charge is -2.15. The van der Waals surface area contributed by atoms with Crippen LogP contribution in [-0.4, -0.2) is 37.9 Å². The second kappa shape index (κ2) is 5.92. The highest BCUT2D eigenvalue weighted by molar-refractivity contribution is 9.10. The fourth-order valence-electron chi connectivity index (χ4n) is 1.28. The summed E-state index contributed by atoms with van der Waals surface area (Å²) in [6, 6.07) is 4.00. The summed E-state index contributed by atoms with van der Waals surface area (Å²) in [5, 5.41) is 17.7. The summed E-state index contributed by atoms with van der Waals surface area (Å²) in [6.45, 7) is 0.763. The van der Waals surface area contributed by atoms with Crippen molar-refractivity contribution in [3.63, 3.8) is 0 Å². The molecule has 1 aromatic carbocycles. The van der Waals surface area contributed by atoms with Crippen molar-refractivity contribution < 1.29 is 18.6 Å². The van der Waals surface area contributed by atoms with Gasteiger partial charge in [0.1, 0.15) is 0 Å². The highest BCUT2D eigenvalue weighted by Gasteiger charge is 2.21. The molecule has 0 fully saturated rings. The van der Waals surface area contributed by atoms with Gasteiger partial charge in [-0.05, 0) is 24.6 Å². The summed E-state index contributed by atoms with van der Waals surface area (Å²) in [5.74, 6) is 0. The molecule has 0 unspecified atom stereocenters. The third kappa shape index (κ3) is 3.75. The average molecular weight is 324 g/mol. The van der Waals surface area contributed by atoms with E-state index in [0.717, 1.165) is 0 Å². The number of aliphatic hydroxyl groups is 2. The summed E-state index contributed by atoms with van der Waals surface area (Å²) in [6.07, 6.45) is 0. The zero-order valence-electron chi connectivity index (χ0n) is 9.22. The summed E-state index contributed by atoms with van der Waals surface area (Å²) < 4.78 is 26.8. The second-order valence-corrected chi connectivity index (χ2v) is 6.19. The van der Waals surface area contributed by atoms with Crippen LogP contribution >= 0.6 is 15.9 Å². The molecule has 0 aliphatic carbocycles. The lowest BCUT2D eigenvalue weighted by Crippen LogP contribution is -2.40. The van der Waals surface area contributed by atoms with Crippen LogP contribution in [0.15, 0.2) is 27.6 Å². The van der Waals surface area contributed by atoms with Crippen molar-refractivity contribution in [2.45, 2.75) is 17.9 Å². The van der Waals surface area contributed by atoms with E-state index in [4.69, 9.17) is 10.2 Å². The third-order valence-electron chi connectivity index (χ3n) is 2.20. The molecule has 0 aromatic heterocycles. The number of benzene rings is 1. The number of sulfonamides is 1. The lowest BCUT2D eigenvalue weighted by atomic mass is 10.2. The van der Waals surface area contributed by atoms with Crippen LogP contribution in [0.4, 0.5) is 0 Å². The minimum absolute atomic E-state index is 0.124. The number of halogens is 1. The molecule has 0 aliphatic rings. The lowest BCUT2D eigenvalue weighted by molar-refractivity contribution is 0.185. The Labute approximate surface area is 109 Å². The number of aryl methyl sites for hydroxylation is 1. The Hall–Kier alpha value is -0.470. The summed E-state index contributed by atoms with van der Waals surface area (Å²) in [7, 11) is -3.74. The Kier molecular flexibility index (Phi) is 5.08. The van der Waals surface area contributed by atoms with Gasteiger partial charge in [-0.3, -0.25) is 0 Å². The van der Waals surface area contributed by atoms with Crippen LogP contribution < -0.4 is 4.72 Å². The summed E-state index contributed by atoms with van der Waals surface area (Å²) >= 11 is 3.20. The maximum absolute atomic E-state index is 12.0. The molecular weight excluding hydrogens is 310 g/mol. The Morgan fingerprint density at radius 3 is 2.47 bits per heavy atom. The fraction of sp³-hybridized carbons (Fsp3) is 0.400. The van der Waals surface area contributed by atoms with Crippen molar-refractivity contribution in [3.8, 4) is 0 Å². The highest BCUT2D eigenvalue weighted by Crippen LogP contribution is 2.20. The van der Waals surface area contributed by atoms with Gasteiger partial charge in [0.15, 0.2) is 0 Å². The maximum atomic E-state index is 12.0. The van der Waals surface area contributed by atoms with E-state index in [1.165, 1.54) is 6.07 Å². The van der Waals surface area contributed by atoms with Gasteiger partial charge in [-0.1, -0.05) is 22.0 Å². The van der Waals surface area contributed by atoms with E-state index in [0.29, 0.717) is 10.0 Å². The first-order valence-electron chi connectivity index (χ1n) is 4.91. The van der Waals surface area contributed by atoms with Gasteiger partial charge < -0.3 is 10.2 Å². The van der Waals surface area contributed by atoms with E-state index >= 15 is 0 Å². The predicted molar refractivity (Wildman–Crippen MR) is 67.2 cm³/mol. The third-order valence-corrected chi connectivity index (χ3v) is 4.36. The molecule has 1 rings (SSSR count). The molecule has 3 N–H and O–H groups in total. The van der Waals surface area contributed by atoms with Gasteiger partial charge in [-0.15, -0.1) is 0 Å². The largest absolute Gasteiger partial charge is 0.395 e. The van der Waals surface area contributed by atoms with E-state index in [-0.39, 0.29) is 4.90 Å². The average Bonchev–Trinajstić information content (AvgIpc) is 2.29. The summed E-state index contributed by atoms with van der Waals surface area (Å²) in [5.41, 5.74) is 0.593. The molecule has 5 nitrogen and oxygen atoms in total. The van der Waals surface area contributed by atoms with E-state index in [9.17, 15) is 8.42 Å². The predicted octanol–water partition coefficient (Wildman–Crippen LogP) is 0.389. The van der Waals surface area contributed by atoms with Crippen molar-refractivity contribution >= 4 is 26.0 Å². The molecule has 0 atom stereocenters.